The van der Waals surface area contributed by atoms with Crippen molar-refractivity contribution in [2.24, 2.45) is 0 Å². The maximum absolute atomic E-state index is 12.3. The van der Waals surface area contributed by atoms with E-state index in [0.29, 0.717) is 5.56 Å². The van der Waals surface area contributed by atoms with Crippen molar-refractivity contribution in [3.05, 3.63) is 58.1 Å². The average molecular weight is 347 g/mol. The van der Waals surface area contributed by atoms with Crippen LogP contribution >= 0.6 is 15.9 Å². The van der Waals surface area contributed by atoms with E-state index >= 15 is 0 Å². The maximum Gasteiger partial charge on any atom is 0.255 e. The molecule has 0 aliphatic heterocycles. The van der Waals surface area contributed by atoms with Gasteiger partial charge in [-0.2, -0.15) is 0 Å². The van der Waals surface area contributed by atoms with Gasteiger partial charge >= 0.3 is 0 Å². The van der Waals surface area contributed by atoms with Crippen LogP contribution in [0.1, 0.15) is 29.3 Å². The molecule has 0 aliphatic rings. The summed E-state index contributed by atoms with van der Waals surface area (Å²) in [4.78, 5) is 12.3. The highest BCUT2D eigenvalue weighted by atomic mass is 79.9. The van der Waals surface area contributed by atoms with Crippen LogP contribution in [-0.4, -0.2) is 12.5 Å². The van der Waals surface area contributed by atoms with E-state index in [1.165, 1.54) is 0 Å². The summed E-state index contributed by atoms with van der Waals surface area (Å²) in [5, 5.41) is 6.23. The van der Waals surface area contributed by atoms with Crippen LogP contribution in [0.25, 0.3) is 0 Å². The van der Waals surface area contributed by atoms with Gasteiger partial charge in [-0.3, -0.25) is 4.79 Å². The predicted molar refractivity (Wildman–Crippen MR) is 92.1 cm³/mol. The summed E-state index contributed by atoms with van der Waals surface area (Å²) in [6.07, 6.45) is 1.07. The smallest absolute Gasteiger partial charge is 0.255 e. The quantitative estimate of drug-likeness (QED) is 0.813. The predicted octanol–water partition coefficient (Wildman–Crippen LogP) is 4.83. The number of rotatable bonds is 5. The van der Waals surface area contributed by atoms with Crippen molar-refractivity contribution in [2.75, 3.05) is 17.2 Å². The molecule has 0 heterocycles. The molecule has 0 saturated heterocycles. The molecule has 0 aromatic heterocycles. The zero-order chi connectivity index (χ0) is 15.2. The van der Waals surface area contributed by atoms with Crippen molar-refractivity contribution in [3.8, 4) is 0 Å². The van der Waals surface area contributed by atoms with E-state index in [0.717, 1.165) is 34.4 Å². The average Bonchev–Trinajstić information content (AvgIpc) is 2.49. The second kappa shape index (κ2) is 7.27. The van der Waals surface area contributed by atoms with Gasteiger partial charge in [-0.1, -0.05) is 28.9 Å². The molecule has 2 rings (SSSR count). The van der Waals surface area contributed by atoms with Crippen molar-refractivity contribution in [3.63, 3.8) is 0 Å². The molecule has 3 nitrogen and oxygen atoms in total. The third-order valence-electron chi connectivity index (χ3n) is 3.17. The van der Waals surface area contributed by atoms with Gasteiger partial charge in [0.05, 0.1) is 0 Å². The van der Waals surface area contributed by atoms with Crippen LogP contribution in [-0.2, 0) is 0 Å². The van der Waals surface area contributed by atoms with Gasteiger partial charge in [0.15, 0.2) is 0 Å². The first-order chi connectivity index (χ1) is 10.1. The number of hydrogen-bond donors (Lipinski definition) is 2. The molecule has 2 N–H and O–H groups in total. The van der Waals surface area contributed by atoms with E-state index in [-0.39, 0.29) is 5.91 Å². The number of nitrogens with one attached hydrogen (secondary N) is 2. The molecule has 2 aromatic rings. The fourth-order valence-electron chi connectivity index (χ4n) is 1.93. The molecule has 0 aliphatic carbocycles. The summed E-state index contributed by atoms with van der Waals surface area (Å²) in [7, 11) is 0. The first-order valence-corrected chi connectivity index (χ1v) is 7.81. The standard InChI is InChI=1S/C17H19BrN2O/c1-3-10-19-15-8-5-13(6-9-15)17(21)20-16-11-14(18)7-4-12(16)2/h4-9,11,19H,3,10H2,1-2H3,(H,20,21). The molecule has 110 valence electrons. The van der Waals surface area contributed by atoms with Crippen LogP contribution in [0.15, 0.2) is 46.9 Å². The van der Waals surface area contributed by atoms with Gasteiger partial charge in [-0.05, 0) is 55.3 Å². The SMILES string of the molecule is CCCNc1ccc(C(=O)Nc2cc(Br)ccc2C)cc1. The summed E-state index contributed by atoms with van der Waals surface area (Å²) in [5.74, 6) is -0.0989. The normalized spacial score (nSPS) is 10.2. The summed E-state index contributed by atoms with van der Waals surface area (Å²) in [5.41, 5.74) is 3.54. The first-order valence-electron chi connectivity index (χ1n) is 7.01. The second-order valence-electron chi connectivity index (χ2n) is 4.92. The highest BCUT2D eigenvalue weighted by Crippen LogP contribution is 2.21. The molecule has 4 heteroatoms. The molecule has 0 spiro atoms. The minimum Gasteiger partial charge on any atom is -0.385 e. The van der Waals surface area contributed by atoms with E-state index in [4.69, 9.17) is 0 Å². The van der Waals surface area contributed by atoms with Crippen LogP contribution in [0, 0.1) is 6.92 Å². The lowest BCUT2D eigenvalue weighted by atomic mass is 10.1. The Bertz CT molecular complexity index is 623. The summed E-state index contributed by atoms with van der Waals surface area (Å²) < 4.78 is 0.947. The zero-order valence-electron chi connectivity index (χ0n) is 12.2. The number of anilines is 2. The molecule has 0 bridgehead atoms. The molecule has 2 aromatic carbocycles. The fourth-order valence-corrected chi connectivity index (χ4v) is 2.29. The van der Waals surface area contributed by atoms with Gasteiger partial charge in [-0.15, -0.1) is 0 Å². The van der Waals surface area contributed by atoms with Crippen molar-refractivity contribution in [1.82, 2.24) is 0 Å². The van der Waals surface area contributed by atoms with E-state index in [9.17, 15) is 4.79 Å². The van der Waals surface area contributed by atoms with Crippen molar-refractivity contribution in [2.45, 2.75) is 20.3 Å². The van der Waals surface area contributed by atoms with E-state index in [1.54, 1.807) is 0 Å². The van der Waals surface area contributed by atoms with Gasteiger partial charge in [0.25, 0.3) is 5.91 Å². The Balaban J connectivity index is 2.07. The minimum atomic E-state index is -0.0989. The lowest BCUT2D eigenvalue weighted by Gasteiger charge is -2.10. The van der Waals surface area contributed by atoms with Crippen molar-refractivity contribution < 1.29 is 4.79 Å². The van der Waals surface area contributed by atoms with Gasteiger partial charge in [0, 0.05) is 28.0 Å². The van der Waals surface area contributed by atoms with Gasteiger partial charge < -0.3 is 10.6 Å². The van der Waals surface area contributed by atoms with E-state index in [2.05, 4.69) is 33.5 Å². The molecule has 0 unspecified atom stereocenters. The maximum atomic E-state index is 12.3. The Hall–Kier alpha value is -1.81. The number of carbonyl (C=O) groups is 1. The number of benzene rings is 2. The van der Waals surface area contributed by atoms with Crippen LogP contribution in [0.2, 0.25) is 0 Å². The third kappa shape index (κ3) is 4.33. The van der Waals surface area contributed by atoms with Gasteiger partial charge in [0.1, 0.15) is 0 Å². The lowest BCUT2D eigenvalue weighted by Crippen LogP contribution is -2.12. The second-order valence-corrected chi connectivity index (χ2v) is 5.83. The first kappa shape index (κ1) is 15.6. The Morgan fingerprint density at radius 2 is 1.86 bits per heavy atom. The van der Waals surface area contributed by atoms with Crippen LogP contribution in [0.4, 0.5) is 11.4 Å². The summed E-state index contributed by atoms with van der Waals surface area (Å²) in [6, 6.07) is 13.4. The number of aryl methyl sites for hydroxylation is 1. The topological polar surface area (TPSA) is 41.1 Å². The van der Waals surface area contributed by atoms with E-state index < -0.39 is 0 Å². The molecule has 0 radical (unpaired) electrons. The minimum absolute atomic E-state index is 0.0989. The van der Waals surface area contributed by atoms with Crippen LogP contribution < -0.4 is 10.6 Å². The molecule has 1 amide bonds. The monoisotopic (exact) mass is 346 g/mol. The highest BCUT2D eigenvalue weighted by Gasteiger charge is 2.08. The Morgan fingerprint density at radius 1 is 1.14 bits per heavy atom. The molecule has 0 fully saturated rings. The third-order valence-corrected chi connectivity index (χ3v) is 3.67. The van der Waals surface area contributed by atoms with Crippen LogP contribution in [0.5, 0.6) is 0 Å². The molecular weight excluding hydrogens is 328 g/mol. The lowest BCUT2D eigenvalue weighted by molar-refractivity contribution is 0.102. The number of amides is 1. The van der Waals surface area contributed by atoms with Crippen LogP contribution in [0.3, 0.4) is 0 Å². The highest BCUT2D eigenvalue weighted by molar-refractivity contribution is 9.10. The Labute approximate surface area is 133 Å². The zero-order valence-corrected chi connectivity index (χ0v) is 13.8. The molecule has 21 heavy (non-hydrogen) atoms. The fraction of sp³-hybridized carbons (Fsp3) is 0.235. The summed E-state index contributed by atoms with van der Waals surface area (Å²) in [6.45, 7) is 5.03. The number of hydrogen-bond acceptors (Lipinski definition) is 2. The van der Waals surface area contributed by atoms with Crippen molar-refractivity contribution in [1.29, 1.82) is 0 Å². The molecule has 0 atom stereocenters. The Kier molecular flexibility index (Phi) is 5.39. The van der Waals surface area contributed by atoms with Gasteiger partial charge in [0.2, 0.25) is 0 Å². The summed E-state index contributed by atoms with van der Waals surface area (Å²) >= 11 is 3.42. The van der Waals surface area contributed by atoms with E-state index in [1.807, 2.05) is 49.4 Å². The van der Waals surface area contributed by atoms with Gasteiger partial charge in [-0.25, -0.2) is 0 Å². The van der Waals surface area contributed by atoms with Crippen molar-refractivity contribution >= 4 is 33.2 Å². The largest absolute Gasteiger partial charge is 0.385 e. The molecule has 0 saturated carbocycles. The number of halogens is 1. The number of carbonyl (C=O) groups excluding carboxylic acids is 1. The Morgan fingerprint density at radius 3 is 2.52 bits per heavy atom. The molecular formula is C17H19BrN2O.